The van der Waals surface area contributed by atoms with Gasteiger partial charge in [-0.05, 0) is 25.0 Å². The van der Waals surface area contributed by atoms with E-state index in [4.69, 9.17) is 4.74 Å². The van der Waals surface area contributed by atoms with Gasteiger partial charge in [0.2, 0.25) is 5.91 Å². The number of carbonyl (C=O) groups is 1. The number of nitrogens with one attached hydrogen (secondary N) is 1. The van der Waals surface area contributed by atoms with E-state index < -0.39 is 0 Å². The van der Waals surface area contributed by atoms with Crippen molar-refractivity contribution in [2.24, 2.45) is 7.05 Å². The number of nitrogens with zero attached hydrogens (tertiary/aromatic N) is 3. The fraction of sp³-hybridized carbons (Fsp3) is 0.600. The van der Waals surface area contributed by atoms with Crippen molar-refractivity contribution in [2.45, 2.75) is 25.5 Å². The van der Waals surface area contributed by atoms with Crippen LogP contribution in [0.15, 0.2) is 18.3 Å². The minimum atomic E-state index is -0.201. The van der Waals surface area contributed by atoms with E-state index in [1.165, 1.54) is 5.57 Å². The van der Waals surface area contributed by atoms with Gasteiger partial charge in [-0.25, -0.2) is 0 Å². The van der Waals surface area contributed by atoms with E-state index in [1.54, 1.807) is 6.20 Å². The Morgan fingerprint density at radius 1 is 1.52 bits per heavy atom. The summed E-state index contributed by atoms with van der Waals surface area (Å²) in [5.41, 5.74) is 2.40. The highest BCUT2D eigenvalue weighted by molar-refractivity contribution is 5.83. The first kappa shape index (κ1) is 14.3. The predicted octanol–water partition coefficient (Wildman–Crippen LogP) is 0.413. The summed E-state index contributed by atoms with van der Waals surface area (Å²) >= 11 is 0. The molecule has 1 aromatic rings. The van der Waals surface area contributed by atoms with Crippen LogP contribution in [0.1, 0.15) is 19.0 Å². The molecular formula is C15H22N4O2. The molecule has 1 N–H and O–H groups in total. The normalized spacial score (nSPS) is 26.6. The second kappa shape index (κ2) is 5.99. The number of rotatable bonds is 2. The molecule has 1 saturated heterocycles. The molecule has 0 aliphatic carbocycles. The van der Waals surface area contributed by atoms with E-state index in [0.717, 1.165) is 25.2 Å². The maximum absolute atomic E-state index is 12.5. The topological polar surface area (TPSA) is 59.4 Å². The highest BCUT2D eigenvalue weighted by Crippen LogP contribution is 2.22. The van der Waals surface area contributed by atoms with E-state index in [-0.39, 0.29) is 18.1 Å². The van der Waals surface area contributed by atoms with Crippen LogP contribution in [-0.4, -0.2) is 59.0 Å². The number of aromatic nitrogens is 2. The monoisotopic (exact) mass is 290 g/mol. The molecule has 1 amide bonds. The first-order chi connectivity index (χ1) is 10.1. The van der Waals surface area contributed by atoms with E-state index in [0.29, 0.717) is 13.2 Å². The third-order valence-corrected chi connectivity index (χ3v) is 4.17. The lowest BCUT2D eigenvalue weighted by molar-refractivity contribution is -0.137. The highest BCUT2D eigenvalue weighted by atomic mass is 16.5. The summed E-state index contributed by atoms with van der Waals surface area (Å²) in [4.78, 5) is 14.4. The molecule has 1 aromatic heterocycles. The third kappa shape index (κ3) is 3.01. The van der Waals surface area contributed by atoms with Crippen LogP contribution in [0, 0.1) is 0 Å². The van der Waals surface area contributed by atoms with Gasteiger partial charge in [0, 0.05) is 32.9 Å². The first-order valence-electron chi connectivity index (χ1n) is 7.46. The summed E-state index contributed by atoms with van der Waals surface area (Å²) in [5, 5.41) is 7.46. The van der Waals surface area contributed by atoms with Gasteiger partial charge in [0.15, 0.2) is 0 Å². The minimum absolute atomic E-state index is 0.141. The fourth-order valence-electron chi connectivity index (χ4n) is 2.86. The first-order valence-corrected chi connectivity index (χ1v) is 7.46. The third-order valence-electron chi connectivity index (χ3n) is 4.17. The van der Waals surface area contributed by atoms with Crippen LogP contribution >= 0.6 is 0 Å². The average Bonchev–Trinajstić information content (AvgIpc) is 2.94. The number of amides is 1. The molecule has 0 spiro atoms. The Hall–Kier alpha value is -1.66. The number of aryl methyl sites for hydroxylation is 1. The van der Waals surface area contributed by atoms with Gasteiger partial charge >= 0.3 is 0 Å². The Bertz CT molecular complexity index is 544. The van der Waals surface area contributed by atoms with Crippen molar-refractivity contribution in [2.75, 3.05) is 26.2 Å². The zero-order chi connectivity index (χ0) is 14.8. The molecule has 1 fully saturated rings. The molecule has 3 rings (SSSR count). The number of ether oxygens (including phenoxy) is 1. The Morgan fingerprint density at radius 3 is 2.95 bits per heavy atom. The standard InChI is InChI=1S/C15H22N4O2/c1-11-9-16-13(10-21-11)15(20)19-7-4-12(5-8-19)14-3-6-17-18(14)2/h3-4,6,11,13,16H,5,7-10H2,1-2H3/t11-,13+/m1/s1. The number of hydrogen-bond donors (Lipinski definition) is 1. The van der Waals surface area contributed by atoms with Crippen molar-refractivity contribution in [1.29, 1.82) is 0 Å². The van der Waals surface area contributed by atoms with Crippen LogP contribution in [0.25, 0.3) is 5.57 Å². The van der Waals surface area contributed by atoms with Gasteiger partial charge in [-0.3, -0.25) is 9.48 Å². The van der Waals surface area contributed by atoms with Gasteiger partial charge < -0.3 is 15.0 Å². The van der Waals surface area contributed by atoms with Gasteiger partial charge in [0.05, 0.1) is 18.4 Å². The molecular weight excluding hydrogens is 268 g/mol. The van der Waals surface area contributed by atoms with E-state index in [1.807, 2.05) is 29.6 Å². The van der Waals surface area contributed by atoms with Crippen molar-refractivity contribution in [3.63, 3.8) is 0 Å². The second-order valence-electron chi connectivity index (χ2n) is 5.71. The van der Waals surface area contributed by atoms with Crippen molar-refractivity contribution < 1.29 is 9.53 Å². The van der Waals surface area contributed by atoms with Crippen LogP contribution in [0.2, 0.25) is 0 Å². The van der Waals surface area contributed by atoms with E-state index in [2.05, 4.69) is 16.5 Å². The zero-order valence-electron chi connectivity index (χ0n) is 12.6. The molecule has 6 nitrogen and oxygen atoms in total. The molecule has 3 heterocycles. The quantitative estimate of drug-likeness (QED) is 0.857. The number of morpholine rings is 1. The average molecular weight is 290 g/mol. The molecule has 6 heteroatoms. The summed E-state index contributed by atoms with van der Waals surface area (Å²) in [6, 6.07) is 1.81. The van der Waals surface area contributed by atoms with Crippen LogP contribution in [0.3, 0.4) is 0 Å². The molecule has 0 bridgehead atoms. The van der Waals surface area contributed by atoms with Crippen molar-refractivity contribution in [3.8, 4) is 0 Å². The Kier molecular flexibility index (Phi) is 4.07. The highest BCUT2D eigenvalue weighted by Gasteiger charge is 2.29. The molecule has 2 atom stereocenters. The van der Waals surface area contributed by atoms with Crippen molar-refractivity contribution in [1.82, 2.24) is 20.0 Å². The summed E-state index contributed by atoms with van der Waals surface area (Å²) in [7, 11) is 1.94. The molecule has 0 unspecified atom stereocenters. The van der Waals surface area contributed by atoms with Crippen molar-refractivity contribution >= 4 is 11.5 Å². The number of hydrogen-bond acceptors (Lipinski definition) is 4. The summed E-state index contributed by atoms with van der Waals surface area (Å²) in [6.45, 7) is 4.63. The van der Waals surface area contributed by atoms with E-state index >= 15 is 0 Å². The van der Waals surface area contributed by atoms with Gasteiger partial charge in [0.1, 0.15) is 6.04 Å². The largest absolute Gasteiger partial charge is 0.375 e. The lowest BCUT2D eigenvalue weighted by Crippen LogP contribution is -2.55. The van der Waals surface area contributed by atoms with E-state index in [9.17, 15) is 4.79 Å². The second-order valence-corrected chi connectivity index (χ2v) is 5.71. The lowest BCUT2D eigenvalue weighted by Gasteiger charge is -2.33. The van der Waals surface area contributed by atoms with Crippen LogP contribution in [-0.2, 0) is 16.6 Å². The Balaban J connectivity index is 1.61. The molecule has 114 valence electrons. The molecule has 0 saturated carbocycles. The Morgan fingerprint density at radius 2 is 2.38 bits per heavy atom. The SMILES string of the molecule is C[C@@H]1CN[C@H](C(=O)N2CC=C(c3ccnn3C)CC2)CO1. The molecule has 0 aromatic carbocycles. The smallest absolute Gasteiger partial charge is 0.242 e. The van der Waals surface area contributed by atoms with Crippen LogP contribution < -0.4 is 5.32 Å². The number of carbonyl (C=O) groups excluding carboxylic acids is 1. The van der Waals surface area contributed by atoms with Gasteiger partial charge in [-0.1, -0.05) is 6.08 Å². The summed E-state index contributed by atoms with van der Waals surface area (Å²) < 4.78 is 7.44. The van der Waals surface area contributed by atoms with Gasteiger partial charge in [-0.15, -0.1) is 0 Å². The lowest BCUT2D eigenvalue weighted by atomic mass is 10.0. The van der Waals surface area contributed by atoms with Crippen molar-refractivity contribution in [3.05, 3.63) is 24.0 Å². The van der Waals surface area contributed by atoms with Gasteiger partial charge in [-0.2, -0.15) is 5.10 Å². The molecule has 0 radical (unpaired) electrons. The minimum Gasteiger partial charge on any atom is -0.375 e. The molecule has 2 aliphatic rings. The molecule has 21 heavy (non-hydrogen) atoms. The molecule has 2 aliphatic heterocycles. The predicted molar refractivity (Wildman–Crippen MR) is 79.6 cm³/mol. The summed E-state index contributed by atoms with van der Waals surface area (Å²) in [5.74, 6) is 0.141. The van der Waals surface area contributed by atoms with Crippen LogP contribution in [0.5, 0.6) is 0 Å². The van der Waals surface area contributed by atoms with Crippen LogP contribution in [0.4, 0.5) is 0 Å². The maximum atomic E-state index is 12.5. The summed E-state index contributed by atoms with van der Waals surface area (Å²) in [6.07, 6.45) is 4.99. The Labute approximate surface area is 124 Å². The zero-order valence-corrected chi connectivity index (χ0v) is 12.6. The fourth-order valence-corrected chi connectivity index (χ4v) is 2.86. The van der Waals surface area contributed by atoms with Gasteiger partial charge in [0.25, 0.3) is 0 Å². The maximum Gasteiger partial charge on any atom is 0.242 e.